The zero-order valence-electron chi connectivity index (χ0n) is 10.0. The summed E-state index contributed by atoms with van der Waals surface area (Å²) in [6, 6.07) is 6.38. The minimum absolute atomic E-state index is 0.0309. The molecular weight excluding hydrogens is 214 g/mol. The second kappa shape index (κ2) is 4.15. The first kappa shape index (κ1) is 10.8. The Morgan fingerprint density at radius 2 is 2.12 bits per heavy atom. The number of carbonyl (C=O) groups is 1. The highest BCUT2D eigenvalue weighted by Gasteiger charge is 2.32. The van der Waals surface area contributed by atoms with Crippen molar-refractivity contribution in [1.29, 1.82) is 0 Å². The van der Waals surface area contributed by atoms with Gasteiger partial charge in [0.25, 0.3) is 0 Å². The van der Waals surface area contributed by atoms with Gasteiger partial charge in [-0.1, -0.05) is 0 Å². The number of carbonyl (C=O) groups excluding carboxylic acids is 1. The molecule has 1 N–H and O–H groups in total. The van der Waals surface area contributed by atoms with E-state index in [2.05, 4.69) is 5.32 Å². The van der Waals surface area contributed by atoms with Crippen LogP contribution >= 0.6 is 0 Å². The van der Waals surface area contributed by atoms with Gasteiger partial charge in [-0.3, -0.25) is 4.79 Å². The second-order valence-electron chi connectivity index (χ2n) is 4.92. The van der Waals surface area contributed by atoms with Gasteiger partial charge in [0.2, 0.25) is 0 Å². The number of nitrogens with one attached hydrogen (secondary N) is 1. The van der Waals surface area contributed by atoms with Crippen LogP contribution in [0.5, 0.6) is 5.75 Å². The van der Waals surface area contributed by atoms with Crippen LogP contribution in [0.3, 0.4) is 0 Å². The van der Waals surface area contributed by atoms with Crippen molar-refractivity contribution in [3.8, 4) is 5.75 Å². The first-order valence-electron chi connectivity index (χ1n) is 6.25. The van der Waals surface area contributed by atoms with Crippen molar-refractivity contribution >= 4 is 5.78 Å². The third-order valence-corrected chi connectivity index (χ3v) is 3.61. The van der Waals surface area contributed by atoms with E-state index in [0.717, 1.165) is 29.7 Å². The molecule has 1 aromatic carbocycles. The van der Waals surface area contributed by atoms with E-state index in [4.69, 9.17) is 4.74 Å². The Hall–Kier alpha value is -1.35. The summed E-state index contributed by atoms with van der Waals surface area (Å²) in [7, 11) is 1.66. The Morgan fingerprint density at radius 3 is 2.82 bits per heavy atom. The lowest BCUT2D eigenvalue weighted by molar-refractivity contribution is 0.0927. The molecule has 17 heavy (non-hydrogen) atoms. The van der Waals surface area contributed by atoms with Crippen LogP contribution in [0.2, 0.25) is 0 Å². The van der Waals surface area contributed by atoms with E-state index < -0.39 is 0 Å². The Kier molecular flexibility index (Phi) is 2.63. The first-order chi connectivity index (χ1) is 8.28. The number of ether oxygens (including phenoxy) is 1. The molecule has 0 bridgehead atoms. The predicted octanol–water partition coefficient (Wildman–Crippen LogP) is 1.94. The van der Waals surface area contributed by atoms with Gasteiger partial charge in [-0.25, -0.2) is 0 Å². The lowest BCUT2D eigenvalue weighted by atomic mass is 9.87. The molecule has 1 aromatic rings. The number of methoxy groups -OCH3 is 1. The van der Waals surface area contributed by atoms with E-state index in [1.54, 1.807) is 7.11 Å². The lowest BCUT2D eigenvalue weighted by Crippen LogP contribution is -2.41. The average Bonchev–Trinajstić information content (AvgIpc) is 3.16. The molecule has 1 saturated carbocycles. The van der Waals surface area contributed by atoms with Crippen molar-refractivity contribution in [3.05, 3.63) is 29.3 Å². The number of hydrogen-bond donors (Lipinski definition) is 1. The number of fused-ring (bicyclic) bond motifs is 1. The fourth-order valence-corrected chi connectivity index (χ4v) is 2.46. The molecule has 0 amide bonds. The molecule has 1 unspecified atom stereocenters. The van der Waals surface area contributed by atoms with E-state index in [9.17, 15) is 4.79 Å². The van der Waals surface area contributed by atoms with E-state index in [-0.39, 0.29) is 11.8 Å². The van der Waals surface area contributed by atoms with E-state index in [1.165, 1.54) is 12.8 Å². The van der Waals surface area contributed by atoms with Gasteiger partial charge < -0.3 is 10.1 Å². The number of hydrogen-bond acceptors (Lipinski definition) is 3. The molecular formula is C14H17NO2. The summed E-state index contributed by atoms with van der Waals surface area (Å²) in [6.07, 6.45) is 4.32. The number of Topliss-reactive ketones (excluding diaryl/α,β-unsaturated/α-hetero) is 1. The highest BCUT2D eigenvalue weighted by molar-refractivity contribution is 6.02. The fourth-order valence-electron chi connectivity index (χ4n) is 2.46. The largest absolute Gasteiger partial charge is 0.497 e. The van der Waals surface area contributed by atoms with Crippen LogP contribution in [0.4, 0.5) is 0 Å². The van der Waals surface area contributed by atoms with Crippen LogP contribution in [0.15, 0.2) is 18.2 Å². The molecule has 0 aliphatic heterocycles. The maximum absolute atomic E-state index is 12.3. The van der Waals surface area contributed by atoms with Gasteiger partial charge in [-0.2, -0.15) is 0 Å². The molecule has 0 heterocycles. The summed E-state index contributed by atoms with van der Waals surface area (Å²) in [4.78, 5) is 12.3. The van der Waals surface area contributed by atoms with Crippen molar-refractivity contribution in [1.82, 2.24) is 5.32 Å². The van der Waals surface area contributed by atoms with Gasteiger partial charge in [-0.15, -0.1) is 0 Å². The highest BCUT2D eigenvalue weighted by atomic mass is 16.5. The predicted molar refractivity (Wildman–Crippen MR) is 65.6 cm³/mol. The van der Waals surface area contributed by atoms with Crippen molar-refractivity contribution in [2.24, 2.45) is 0 Å². The van der Waals surface area contributed by atoms with Crippen LogP contribution in [-0.2, 0) is 6.42 Å². The average molecular weight is 231 g/mol. The zero-order valence-corrected chi connectivity index (χ0v) is 10.0. The summed E-state index contributed by atoms with van der Waals surface area (Å²) in [5.74, 6) is 1.09. The van der Waals surface area contributed by atoms with Gasteiger partial charge in [0.05, 0.1) is 13.2 Å². The number of benzene rings is 1. The van der Waals surface area contributed by atoms with E-state index in [1.807, 2.05) is 18.2 Å². The summed E-state index contributed by atoms with van der Waals surface area (Å²) < 4.78 is 5.19. The molecule has 3 rings (SSSR count). The van der Waals surface area contributed by atoms with Gasteiger partial charge >= 0.3 is 0 Å². The summed E-state index contributed by atoms with van der Waals surface area (Å²) in [6.45, 7) is 0. The van der Waals surface area contributed by atoms with Gasteiger partial charge in [0.1, 0.15) is 5.75 Å². The summed E-state index contributed by atoms with van der Waals surface area (Å²) >= 11 is 0. The number of ketones is 1. The molecule has 2 aliphatic carbocycles. The quantitative estimate of drug-likeness (QED) is 0.864. The Labute approximate surface area is 101 Å². The topological polar surface area (TPSA) is 38.3 Å². The molecule has 90 valence electrons. The lowest BCUT2D eigenvalue weighted by Gasteiger charge is -2.24. The maximum atomic E-state index is 12.3. The molecule has 3 heteroatoms. The Morgan fingerprint density at radius 1 is 1.29 bits per heavy atom. The standard InChI is InChI=1S/C14H17NO2/c1-17-11-5-6-12-9(8-11)2-7-13(14(12)16)15-10-3-4-10/h5-6,8,10,13,15H,2-4,7H2,1H3. The van der Waals surface area contributed by atoms with Crippen LogP contribution in [0, 0.1) is 0 Å². The molecule has 0 spiro atoms. The summed E-state index contributed by atoms with van der Waals surface area (Å²) in [5.41, 5.74) is 2.00. The fraction of sp³-hybridized carbons (Fsp3) is 0.500. The third kappa shape index (κ3) is 2.07. The van der Waals surface area contributed by atoms with Crippen LogP contribution in [-0.4, -0.2) is 25.0 Å². The molecule has 0 saturated heterocycles. The van der Waals surface area contributed by atoms with Gasteiger partial charge in [-0.05, 0) is 49.4 Å². The first-order valence-corrected chi connectivity index (χ1v) is 6.25. The van der Waals surface area contributed by atoms with Crippen LogP contribution in [0.1, 0.15) is 35.2 Å². The van der Waals surface area contributed by atoms with Gasteiger partial charge in [0, 0.05) is 11.6 Å². The van der Waals surface area contributed by atoms with Crippen molar-refractivity contribution in [2.45, 2.75) is 37.8 Å². The number of rotatable bonds is 3. The van der Waals surface area contributed by atoms with E-state index in [0.29, 0.717) is 6.04 Å². The van der Waals surface area contributed by atoms with Crippen molar-refractivity contribution in [2.75, 3.05) is 7.11 Å². The van der Waals surface area contributed by atoms with Crippen LogP contribution in [0.25, 0.3) is 0 Å². The second-order valence-corrected chi connectivity index (χ2v) is 4.92. The highest BCUT2D eigenvalue weighted by Crippen LogP contribution is 2.28. The third-order valence-electron chi connectivity index (χ3n) is 3.61. The minimum Gasteiger partial charge on any atom is -0.497 e. The van der Waals surface area contributed by atoms with E-state index >= 15 is 0 Å². The molecule has 1 fully saturated rings. The monoisotopic (exact) mass is 231 g/mol. The number of aryl methyl sites for hydroxylation is 1. The van der Waals surface area contributed by atoms with Gasteiger partial charge in [0.15, 0.2) is 5.78 Å². The minimum atomic E-state index is 0.0309. The van der Waals surface area contributed by atoms with Crippen LogP contribution < -0.4 is 10.1 Å². The molecule has 1 atom stereocenters. The zero-order chi connectivity index (χ0) is 11.8. The summed E-state index contributed by atoms with van der Waals surface area (Å²) in [5, 5.41) is 3.43. The Bertz CT molecular complexity index is 452. The SMILES string of the molecule is COc1ccc2c(c1)CCC(NC1CC1)C2=O. The molecule has 3 nitrogen and oxygen atoms in total. The smallest absolute Gasteiger partial charge is 0.180 e. The van der Waals surface area contributed by atoms with Crippen molar-refractivity contribution in [3.63, 3.8) is 0 Å². The molecule has 0 aromatic heterocycles. The Balaban J connectivity index is 1.84. The molecule has 0 radical (unpaired) electrons. The molecule has 2 aliphatic rings. The normalized spacial score (nSPS) is 23.4. The maximum Gasteiger partial charge on any atom is 0.180 e. The van der Waals surface area contributed by atoms with Crippen molar-refractivity contribution < 1.29 is 9.53 Å².